The molecule has 5 nitrogen and oxygen atoms in total. The van der Waals surface area contributed by atoms with Crippen molar-refractivity contribution in [3.8, 4) is 0 Å². The molecule has 2 heterocycles. The van der Waals surface area contributed by atoms with Crippen LogP contribution in [0.3, 0.4) is 0 Å². The SMILES string of the molecule is CCN1CCCC1CN(C)c1nc(Cl)ncc1N. The molecule has 1 saturated heterocycles. The molecule has 0 aromatic carbocycles. The van der Waals surface area contributed by atoms with Crippen LogP contribution in [-0.2, 0) is 0 Å². The van der Waals surface area contributed by atoms with Gasteiger partial charge in [-0.1, -0.05) is 6.92 Å². The molecule has 1 aromatic heterocycles. The van der Waals surface area contributed by atoms with Crippen LogP contribution < -0.4 is 10.6 Å². The second-order valence-corrected chi connectivity index (χ2v) is 5.06. The number of nitrogens with zero attached hydrogens (tertiary/aromatic N) is 4. The summed E-state index contributed by atoms with van der Waals surface area (Å²) in [4.78, 5) is 12.6. The Morgan fingerprint density at radius 2 is 2.39 bits per heavy atom. The average Bonchev–Trinajstić information content (AvgIpc) is 2.79. The van der Waals surface area contributed by atoms with Crippen molar-refractivity contribution >= 4 is 23.1 Å². The highest BCUT2D eigenvalue weighted by Gasteiger charge is 2.25. The van der Waals surface area contributed by atoms with Crippen molar-refractivity contribution in [2.75, 3.05) is 37.3 Å². The second kappa shape index (κ2) is 5.71. The van der Waals surface area contributed by atoms with Gasteiger partial charge in [0.25, 0.3) is 0 Å². The summed E-state index contributed by atoms with van der Waals surface area (Å²) in [6.45, 7) is 5.41. The lowest BCUT2D eigenvalue weighted by Crippen LogP contribution is -2.39. The van der Waals surface area contributed by atoms with Crippen LogP contribution in [0.4, 0.5) is 11.5 Å². The molecule has 100 valence electrons. The van der Waals surface area contributed by atoms with Crippen molar-refractivity contribution in [1.29, 1.82) is 0 Å². The van der Waals surface area contributed by atoms with E-state index in [1.54, 1.807) is 6.20 Å². The first kappa shape index (κ1) is 13.4. The molecule has 0 aliphatic carbocycles. The number of aromatic nitrogens is 2. The lowest BCUT2D eigenvalue weighted by molar-refractivity contribution is 0.270. The average molecular weight is 270 g/mol. The Bertz CT molecular complexity index is 411. The maximum absolute atomic E-state index is 5.89. The maximum atomic E-state index is 5.89. The normalized spacial score (nSPS) is 20.3. The molecule has 0 spiro atoms. The van der Waals surface area contributed by atoms with Crippen molar-refractivity contribution in [1.82, 2.24) is 14.9 Å². The van der Waals surface area contributed by atoms with E-state index in [0.717, 1.165) is 18.9 Å². The van der Waals surface area contributed by atoms with E-state index in [9.17, 15) is 0 Å². The van der Waals surface area contributed by atoms with Crippen LogP contribution in [0.5, 0.6) is 0 Å². The number of nitrogen functional groups attached to an aromatic ring is 1. The zero-order valence-electron chi connectivity index (χ0n) is 10.9. The number of likely N-dealkylation sites (N-methyl/N-ethyl adjacent to an activating group) is 2. The monoisotopic (exact) mass is 269 g/mol. The van der Waals surface area contributed by atoms with Crippen LogP contribution in [-0.4, -0.2) is 47.6 Å². The third-order valence-electron chi connectivity index (χ3n) is 3.52. The van der Waals surface area contributed by atoms with Crippen molar-refractivity contribution in [2.24, 2.45) is 0 Å². The summed E-state index contributed by atoms with van der Waals surface area (Å²) in [5, 5.41) is 0.241. The lowest BCUT2D eigenvalue weighted by atomic mass is 10.2. The highest BCUT2D eigenvalue weighted by molar-refractivity contribution is 6.28. The van der Waals surface area contributed by atoms with Crippen molar-refractivity contribution in [2.45, 2.75) is 25.8 Å². The number of anilines is 2. The topological polar surface area (TPSA) is 58.3 Å². The van der Waals surface area contributed by atoms with Crippen molar-refractivity contribution < 1.29 is 0 Å². The van der Waals surface area contributed by atoms with Gasteiger partial charge in [0.15, 0.2) is 5.82 Å². The summed E-state index contributed by atoms with van der Waals surface area (Å²) in [6, 6.07) is 0.577. The van der Waals surface area contributed by atoms with Gasteiger partial charge in [-0.15, -0.1) is 0 Å². The van der Waals surface area contributed by atoms with Crippen molar-refractivity contribution in [3.63, 3.8) is 0 Å². The summed E-state index contributed by atoms with van der Waals surface area (Å²) in [6.07, 6.45) is 4.07. The Morgan fingerprint density at radius 3 is 3.11 bits per heavy atom. The van der Waals surface area contributed by atoms with E-state index in [-0.39, 0.29) is 5.28 Å². The van der Waals surface area contributed by atoms with Gasteiger partial charge < -0.3 is 10.6 Å². The summed E-state index contributed by atoms with van der Waals surface area (Å²) in [5.74, 6) is 0.720. The van der Waals surface area contributed by atoms with E-state index in [1.807, 2.05) is 7.05 Å². The third kappa shape index (κ3) is 2.84. The minimum atomic E-state index is 0.241. The molecule has 2 rings (SSSR count). The van der Waals surface area contributed by atoms with E-state index in [0.29, 0.717) is 11.7 Å². The molecule has 0 bridgehead atoms. The molecule has 0 amide bonds. The largest absolute Gasteiger partial charge is 0.394 e. The summed E-state index contributed by atoms with van der Waals surface area (Å²) < 4.78 is 0. The molecular weight excluding hydrogens is 250 g/mol. The molecule has 6 heteroatoms. The third-order valence-corrected chi connectivity index (χ3v) is 3.70. The van der Waals surface area contributed by atoms with Crippen LogP contribution in [0, 0.1) is 0 Å². The van der Waals surface area contributed by atoms with Crippen LogP contribution in [0.2, 0.25) is 5.28 Å². The predicted octanol–water partition coefficient (Wildman–Crippen LogP) is 1.63. The van der Waals surface area contributed by atoms with E-state index in [1.165, 1.54) is 19.4 Å². The molecule has 18 heavy (non-hydrogen) atoms. The molecule has 1 aliphatic rings. The number of hydrogen-bond acceptors (Lipinski definition) is 5. The predicted molar refractivity (Wildman–Crippen MR) is 75.0 cm³/mol. The van der Waals surface area contributed by atoms with E-state index in [2.05, 4.69) is 26.7 Å². The van der Waals surface area contributed by atoms with Gasteiger partial charge in [-0.3, -0.25) is 4.90 Å². The van der Waals surface area contributed by atoms with E-state index in [4.69, 9.17) is 17.3 Å². The molecule has 1 unspecified atom stereocenters. The van der Waals surface area contributed by atoms with Gasteiger partial charge in [0.1, 0.15) is 0 Å². The number of rotatable bonds is 4. The zero-order valence-corrected chi connectivity index (χ0v) is 11.7. The van der Waals surface area contributed by atoms with Gasteiger partial charge in [0.05, 0.1) is 11.9 Å². The summed E-state index contributed by atoms with van der Waals surface area (Å²) in [7, 11) is 2.00. The molecular formula is C12H20ClN5. The van der Waals surface area contributed by atoms with Gasteiger partial charge >= 0.3 is 0 Å². The Kier molecular flexibility index (Phi) is 4.24. The molecule has 1 atom stereocenters. The number of halogens is 1. The van der Waals surface area contributed by atoms with Gasteiger partial charge in [0, 0.05) is 19.6 Å². The van der Waals surface area contributed by atoms with Gasteiger partial charge in [-0.25, -0.2) is 4.98 Å². The molecule has 1 aromatic rings. The summed E-state index contributed by atoms with van der Waals surface area (Å²) in [5.41, 5.74) is 6.47. The maximum Gasteiger partial charge on any atom is 0.224 e. The highest BCUT2D eigenvalue weighted by Crippen LogP contribution is 2.23. The highest BCUT2D eigenvalue weighted by atomic mass is 35.5. The van der Waals surface area contributed by atoms with Crippen molar-refractivity contribution in [3.05, 3.63) is 11.5 Å². The van der Waals surface area contributed by atoms with Gasteiger partial charge in [0.2, 0.25) is 5.28 Å². The first-order chi connectivity index (χ1) is 8.61. The second-order valence-electron chi connectivity index (χ2n) is 4.72. The first-order valence-electron chi connectivity index (χ1n) is 6.35. The fourth-order valence-electron chi connectivity index (χ4n) is 2.59. The van der Waals surface area contributed by atoms with Gasteiger partial charge in [-0.05, 0) is 37.5 Å². The van der Waals surface area contributed by atoms with E-state index >= 15 is 0 Å². The Balaban J connectivity index is 2.07. The van der Waals surface area contributed by atoms with Crippen LogP contribution in [0.25, 0.3) is 0 Å². The van der Waals surface area contributed by atoms with E-state index < -0.39 is 0 Å². The molecule has 1 fully saturated rings. The fraction of sp³-hybridized carbons (Fsp3) is 0.667. The molecule has 1 aliphatic heterocycles. The fourth-order valence-corrected chi connectivity index (χ4v) is 2.72. The number of hydrogen-bond donors (Lipinski definition) is 1. The number of nitrogens with two attached hydrogens (primary N) is 1. The number of likely N-dealkylation sites (tertiary alicyclic amines) is 1. The molecule has 0 radical (unpaired) electrons. The van der Waals surface area contributed by atoms with Gasteiger partial charge in [-0.2, -0.15) is 4.98 Å². The zero-order chi connectivity index (χ0) is 13.1. The lowest BCUT2D eigenvalue weighted by Gasteiger charge is -2.28. The first-order valence-corrected chi connectivity index (χ1v) is 6.72. The standard InChI is InChI=1S/C12H20ClN5/c1-3-18-6-4-5-9(18)8-17(2)11-10(14)7-15-12(13)16-11/h7,9H,3-6,8,14H2,1-2H3. The Morgan fingerprint density at radius 1 is 1.61 bits per heavy atom. The molecule has 2 N–H and O–H groups in total. The van der Waals surface area contributed by atoms with Crippen LogP contribution >= 0.6 is 11.6 Å². The summed E-state index contributed by atoms with van der Waals surface area (Å²) >= 11 is 5.82. The minimum absolute atomic E-state index is 0.241. The minimum Gasteiger partial charge on any atom is -0.394 e. The Labute approximate surface area is 113 Å². The Hall–Kier alpha value is -1.07. The van der Waals surface area contributed by atoms with Crippen LogP contribution in [0.1, 0.15) is 19.8 Å². The molecule has 0 saturated carbocycles. The van der Waals surface area contributed by atoms with Crippen LogP contribution in [0.15, 0.2) is 6.20 Å². The smallest absolute Gasteiger partial charge is 0.224 e. The quantitative estimate of drug-likeness (QED) is 0.842.